The first-order valence-corrected chi connectivity index (χ1v) is 8.90. The van der Waals surface area contributed by atoms with Crippen molar-refractivity contribution in [2.75, 3.05) is 5.32 Å². The number of rotatable bonds is 4. The number of H-pyrrole nitrogens is 1. The summed E-state index contributed by atoms with van der Waals surface area (Å²) in [5, 5.41) is 11.6. The smallest absolute Gasteiger partial charge is 0.276 e. The van der Waals surface area contributed by atoms with Gasteiger partial charge in [0.2, 0.25) is 0 Å². The molecule has 0 unspecified atom stereocenters. The van der Waals surface area contributed by atoms with Gasteiger partial charge in [0.25, 0.3) is 11.5 Å². The minimum atomic E-state index is -0.405. The lowest BCUT2D eigenvalue weighted by molar-refractivity contribution is 0.102. The van der Waals surface area contributed by atoms with Crippen LogP contribution in [0.1, 0.15) is 10.5 Å². The maximum atomic E-state index is 12.2. The number of nitrogens with zero attached hydrogens (tertiary/aromatic N) is 3. The minimum absolute atomic E-state index is 0.132. The molecule has 4 rings (SSSR count). The number of amides is 1. The Morgan fingerprint density at radius 3 is 2.74 bits per heavy atom. The molecule has 0 aliphatic carbocycles. The summed E-state index contributed by atoms with van der Waals surface area (Å²) < 4.78 is 0. The number of hydrogen-bond acceptors (Lipinski definition) is 6. The van der Waals surface area contributed by atoms with E-state index in [0.717, 1.165) is 21.8 Å². The van der Waals surface area contributed by atoms with E-state index >= 15 is 0 Å². The molecule has 2 N–H and O–H groups in total. The summed E-state index contributed by atoms with van der Waals surface area (Å²) in [5.74, 6) is -0.405. The van der Waals surface area contributed by atoms with Gasteiger partial charge in [-0.15, -0.1) is 11.3 Å². The molecule has 4 aromatic rings. The highest BCUT2D eigenvalue weighted by molar-refractivity contribution is 7.13. The first-order chi connectivity index (χ1) is 13.2. The van der Waals surface area contributed by atoms with Crippen LogP contribution in [0.5, 0.6) is 0 Å². The standard InChI is InChI=1S/C19H13N5O2S/c25-17-7-6-15(23-24-17)18(26)21-14-5-1-3-12(9-14)16-11-27-19(22-16)13-4-2-8-20-10-13/h1-11H,(H,21,26)(H,24,25). The molecule has 8 heteroatoms. The lowest BCUT2D eigenvalue weighted by Gasteiger charge is -2.06. The van der Waals surface area contributed by atoms with Gasteiger partial charge in [-0.2, -0.15) is 5.10 Å². The van der Waals surface area contributed by atoms with E-state index in [-0.39, 0.29) is 11.3 Å². The van der Waals surface area contributed by atoms with Crippen LogP contribution < -0.4 is 10.9 Å². The predicted molar refractivity (Wildman–Crippen MR) is 104 cm³/mol. The second kappa shape index (κ2) is 7.30. The van der Waals surface area contributed by atoms with Crippen LogP contribution in [-0.2, 0) is 0 Å². The topological polar surface area (TPSA) is 101 Å². The number of aromatic nitrogens is 4. The Kier molecular flexibility index (Phi) is 4.54. The highest BCUT2D eigenvalue weighted by atomic mass is 32.1. The van der Waals surface area contributed by atoms with Crippen molar-refractivity contribution in [2.45, 2.75) is 0 Å². The van der Waals surface area contributed by atoms with E-state index in [9.17, 15) is 9.59 Å². The van der Waals surface area contributed by atoms with Crippen molar-refractivity contribution in [3.63, 3.8) is 0 Å². The number of carbonyl (C=O) groups is 1. The molecule has 1 amide bonds. The number of pyridine rings is 1. The molecule has 0 spiro atoms. The van der Waals surface area contributed by atoms with Crippen LogP contribution in [0.25, 0.3) is 21.8 Å². The van der Waals surface area contributed by atoms with E-state index in [1.165, 1.54) is 23.5 Å². The minimum Gasteiger partial charge on any atom is -0.321 e. The van der Waals surface area contributed by atoms with Gasteiger partial charge >= 0.3 is 0 Å². The average molecular weight is 375 g/mol. The molecule has 0 radical (unpaired) electrons. The fraction of sp³-hybridized carbons (Fsp3) is 0. The summed E-state index contributed by atoms with van der Waals surface area (Å²) in [6.07, 6.45) is 3.50. The fourth-order valence-corrected chi connectivity index (χ4v) is 3.27. The zero-order chi connectivity index (χ0) is 18.6. The third-order valence-corrected chi connectivity index (χ3v) is 4.63. The average Bonchev–Trinajstić information content (AvgIpc) is 3.20. The van der Waals surface area contributed by atoms with E-state index < -0.39 is 5.91 Å². The summed E-state index contributed by atoms with van der Waals surface area (Å²) >= 11 is 1.53. The fourth-order valence-electron chi connectivity index (χ4n) is 2.45. The number of nitrogens with one attached hydrogen (secondary N) is 2. The van der Waals surface area contributed by atoms with Gasteiger partial charge in [-0.05, 0) is 30.3 Å². The van der Waals surface area contributed by atoms with Gasteiger partial charge in [-0.1, -0.05) is 12.1 Å². The molecular weight excluding hydrogens is 362 g/mol. The maximum absolute atomic E-state index is 12.2. The van der Waals surface area contributed by atoms with Crippen LogP contribution in [0.4, 0.5) is 5.69 Å². The maximum Gasteiger partial charge on any atom is 0.276 e. The molecule has 0 bridgehead atoms. The Hall–Kier alpha value is -3.65. The first-order valence-electron chi connectivity index (χ1n) is 8.02. The summed E-state index contributed by atoms with van der Waals surface area (Å²) in [6, 6.07) is 13.9. The highest BCUT2D eigenvalue weighted by Gasteiger charge is 2.10. The van der Waals surface area contributed by atoms with Gasteiger partial charge in [0.15, 0.2) is 0 Å². The zero-order valence-electron chi connectivity index (χ0n) is 13.9. The quantitative estimate of drug-likeness (QED) is 0.570. The van der Waals surface area contributed by atoms with Crippen LogP contribution >= 0.6 is 11.3 Å². The largest absolute Gasteiger partial charge is 0.321 e. The molecule has 0 fully saturated rings. The summed E-state index contributed by atoms with van der Waals surface area (Å²) in [4.78, 5) is 32.1. The van der Waals surface area contributed by atoms with Gasteiger partial charge in [0.1, 0.15) is 10.7 Å². The van der Waals surface area contributed by atoms with Crippen LogP contribution in [0.2, 0.25) is 0 Å². The molecule has 132 valence electrons. The normalized spacial score (nSPS) is 10.5. The molecule has 0 atom stereocenters. The van der Waals surface area contributed by atoms with Crippen LogP contribution in [0, 0.1) is 0 Å². The second-order valence-corrected chi connectivity index (χ2v) is 6.48. The Labute approximate surface area is 157 Å². The van der Waals surface area contributed by atoms with E-state index in [1.54, 1.807) is 18.5 Å². The van der Waals surface area contributed by atoms with E-state index in [0.29, 0.717) is 5.69 Å². The number of aromatic amines is 1. The number of carbonyl (C=O) groups excluding carboxylic acids is 1. The molecular formula is C19H13N5O2S. The SMILES string of the molecule is O=C(Nc1cccc(-c2csc(-c3cccnc3)n2)c1)c1ccc(=O)[nH]n1. The van der Waals surface area contributed by atoms with E-state index in [2.05, 4.69) is 25.5 Å². The number of thiazole rings is 1. The molecule has 1 aromatic carbocycles. The monoisotopic (exact) mass is 375 g/mol. The predicted octanol–water partition coefficient (Wildman–Crippen LogP) is 3.21. The van der Waals surface area contributed by atoms with Crippen molar-refractivity contribution >= 4 is 22.9 Å². The summed E-state index contributed by atoms with van der Waals surface area (Å²) in [7, 11) is 0. The zero-order valence-corrected chi connectivity index (χ0v) is 14.7. The summed E-state index contributed by atoms with van der Waals surface area (Å²) in [5.41, 5.74) is 3.04. The number of benzene rings is 1. The van der Waals surface area contributed by atoms with Gasteiger partial charge < -0.3 is 5.32 Å². The molecule has 0 aliphatic rings. The van der Waals surface area contributed by atoms with Gasteiger partial charge in [0.05, 0.1) is 5.69 Å². The molecule has 27 heavy (non-hydrogen) atoms. The Morgan fingerprint density at radius 1 is 1.07 bits per heavy atom. The van der Waals surface area contributed by atoms with Gasteiger partial charge in [0, 0.05) is 40.7 Å². The summed E-state index contributed by atoms with van der Waals surface area (Å²) in [6.45, 7) is 0. The third kappa shape index (κ3) is 3.80. The Balaban J connectivity index is 1.56. The van der Waals surface area contributed by atoms with E-state index in [1.807, 2.05) is 35.7 Å². The number of hydrogen-bond donors (Lipinski definition) is 2. The second-order valence-electron chi connectivity index (χ2n) is 5.62. The number of anilines is 1. The highest BCUT2D eigenvalue weighted by Crippen LogP contribution is 2.29. The first kappa shape index (κ1) is 16.8. The molecule has 0 saturated heterocycles. The van der Waals surface area contributed by atoms with Crippen molar-refractivity contribution in [1.82, 2.24) is 20.2 Å². The van der Waals surface area contributed by atoms with Gasteiger partial charge in [-0.25, -0.2) is 10.1 Å². The Morgan fingerprint density at radius 2 is 1.96 bits per heavy atom. The van der Waals surface area contributed by atoms with Gasteiger partial charge in [-0.3, -0.25) is 14.6 Å². The molecule has 3 heterocycles. The molecule has 7 nitrogen and oxygen atoms in total. The molecule has 0 saturated carbocycles. The molecule has 3 aromatic heterocycles. The Bertz CT molecular complexity index is 1130. The lowest BCUT2D eigenvalue weighted by Crippen LogP contribution is -2.17. The molecule has 0 aliphatic heterocycles. The van der Waals surface area contributed by atoms with Crippen molar-refractivity contribution in [3.8, 4) is 21.8 Å². The van der Waals surface area contributed by atoms with Crippen LogP contribution in [-0.4, -0.2) is 26.1 Å². The van der Waals surface area contributed by atoms with Crippen molar-refractivity contribution in [1.29, 1.82) is 0 Å². The van der Waals surface area contributed by atoms with E-state index in [4.69, 9.17) is 0 Å². The lowest BCUT2D eigenvalue weighted by atomic mass is 10.1. The van der Waals surface area contributed by atoms with Crippen molar-refractivity contribution in [2.24, 2.45) is 0 Å². The van der Waals surface area contributed by atoms with Crippen molar-refractivity contribution in [3.05, 3.63) is 82.4 Å². The van der Waals surface area contributed by atoms with Crippen LogP contribution in [0.15, 0.2) is 71.1 Å². The third-order valence-electron chi connectivity index (χ3n) is 3.74. The van der Waals surface area contributed by atoms with Crippen LogP contribution in [0.3, 0.4) is 0 Å². The van der Waals surface area contributed by atoms with Crippen molar-refractivity contribution < 1.29 is 4.79 Å².